The van der Waals surface area contributed by atoms with Crippen molar-refractivity contribution in [2.75, 3.05) is 14.2 Å². The Morgan fingerprint density at radius 3 is 2.47 bits per heavy atom. The van der Waals surface area contributed by atoms with E-state index in [1.54, 1.807) is 14.2 Å². The van der Waals surface area contributed by atoms with Crippen LogP contribution >= 0.6 is 0 Å². The molecule has 0 saturated carbocycles. The molecule has 0 fully saturated rings. The van der Waals surface area contributed by atoms with Crippen molar-refractivity contribution in [2.45, 2.75) is 6.92 Å². The molecule has 3 nitrogen and oxygen atoms in total. The Labute approximate surface area is 92.6 Å². The fourth-order valence-electron chi connectivity index (χ4n) is 1.21. The molecule has 0 N–H and O–H groups in total. The standard InChI is InChI=1S/C11H16O3Si/c1-4-8-15-14-10-7-5-6-9(12-2)11(10)13-3/h4-8H,15H2,1-3H3. The summed E-state index contributed by atoms with van der Waals surface area (Å²) in [5.41, 5.74) is 2.07. The summed E-state index contributed by atoms with van der Waals surface area (Å²) in [4.78, 5) is 0. The van der Waals surface area contributed by atoms with E-state index < -0.39 is 9.76 Å². The zero-order valence-corrected chi connectivity index (χ0v) is 10.7. The third kappa shape index (κ3) is 3.02. The van der Waals surface area contributed by atoms with Crippen molar-refractivity contribution < 1.29 is 13.9 Å². The normalized spacial score (nSPS) is 11.1. The van der Waals surface area contributed by atoms with Gasteiger partial charge in [0.15, 0.2) is 5.75 Å². The largest absolute Gasteiger partial charge is 0.543 e. The molecule has 0 bridgehead atoms. The molecule has 82 valence electrons. The number of ether oxygens (including phenoxy) is 2. The van der Waals surface area contributed by atoms with Gasteiger partial charge < -0.3 is 13.9 Å². The zero-order valence-electron chi connectivity index (χ0n) is 9.32. The first-order valence-electron chi connectivity index (χ1n) is 4.78. The Kier molecular flexibility index (Phi) is 4.76. The summed E-state index contributed by atoms with van der Waals surface area (Å²) in [6.45, 7) is 1.99. The second-order valence-corrected chi connectivity index (χ2v) is 3.97. The van der Waals surface area contributed by atoms with E-state index in [4.69, 9.17) is 13.9 Å². The maximum absolute atomic E-state index is 5.66. The monoisotopic (exact) mass is 224 g/mol. The molecule has 0 aliphatic rings. The molecule has 0 aliphatic carbocycles. The lowest BCUT2D eigenvalue weighted by atomic mass is 10.3. The molecule has 0 spiro atoms. The number of rotatable bonds is 5. The van der Waals surface area contributed by atoms with Gasteiger partial charge in [-0.2, -0.15) is 0 Å². The minimum atomic E-state index is -0.657. The first kappa shape index (κ1) is 11.7. The third-order valence-electron chi connectivity index (χ3n) is 1.94. The topological polar surface area (TPSA) is 27.7 Å². The van der Waals surface area contributed by atoms with Crippen LogP contribution in [0.15, 0.2) is 30.0 Å². The summed E-state index contributed by atoms with van der Waals surface area (Å²) >= 11 is 0. The van der Waals surface area contributed by atoms with Gasteiger partial charge in [-0.15, -0.1) is 0 Å². The second-order valence-electron chi connectivity index (χ2n) is 2.87. The summed E-state index contributed by atoms with van der Waals surface area (Å²) in [6.07, 6.45) is 2.00. The predicted octanol–water partition coefficient (Wildman–Crippen LogP) is 1.70. The lowest BCUT2D eigenvalue weighted by molar-refractivity contribution is 0.344. The van der Waals surface area contributed by atoms with Crippen LogP contribution in [-0.4, -0.2) is 24.0 Å². The molecule has 0 aromatic heterocycles. The fourth-order valence-corrected chi connectivity index (χ4v) is 1.90. The van der Waals surface area contributed by atoms with E-state index in [1.165, 1.54) is 0 Å². The maximum atomic E-state index is 5.66. The quantitative estimate of drug-likeness (QED) is 0.713. The van der Waals surface area contributed by atoms with Crippen molar-refractivity contribution in [3.8, 4) is 17.2 Å². The Morgan fingerprint density at radius 2 is 1.87 bits per heavy atom. The van der Waals surface area contributed by atoms with Crippen LogP contribution in [-0.2, 0) is 0 Å². The fraction of sp³-hybridized carbons (Fsp3) is 0.273. The molecule has 15 heavy (non-hydrogen) atoms. The van der Waals surface area contributed by atoms with Gasteiger partial charge in [0.05, 0.1) is 14.2 Å². The number of allylic oxidation sites excluding steroid dienone is 1. The molecular weight excluding hydrogens is 208 g/mol. The molecular formula is C11H16O3Si. The molecule has 1 aromatic carbocycles. The van der Waals surface area contributed by atoms with E-state index in [2.05, 4.69) is 5.70 Å². The molecule has 0 saturated heterocycles. The van der Waals surface area contributed by atoms with Crippen molar-refractivity contribution in [3.05, 3.63) is 30.0 Å². The number of benzene rings is 1. The number of methoxy groups -OCH3 is 2. The Balaban J connectivity index is 2.85. The molecule has 0 amide bonds. The number of hydrogen-bond acceptors (Lipinski definition) is 3. The van der Waals surface area contributed by atoms with Gasteiger partial charge in [-0.25, -0.2) is 0 Å². The van der Waals surface area contributed by atoms with E-state index in [-0.39, 0.29) is 0 Å². The zero-order chi connectivity index (χ0) is 11.1. The van der Waals surface area contributed by atoms with Crippen LogP contribution in [0, 0.1) is 0 Å². The molecule has 0 radical (unpaired) electrons. The van der Waals surface area contributed by atoms with Crippen LogP contribution in [0.5, 0.6) is 17.2 Å². The second kappa shape index (κ2) is 6.13. The average molecular weight is 224 g/mol. The number of hydrogen-bond donors (Lipinski definition) is 0. The van der Waals surface area contributed by atoms with Crippen LogP contribution in [0.4, 0.5) is 0 Å². The van der Waals surface area contributed by atoms with Gasteiger partial charge in [-0.3, -0.25) is 0 Å². The van der Waals surface area contributed by atoms with Crippen LogP contribution < -0.4 is 13.9 Å². The van der Waals surface area contributed by atoms with Crippen molar-refractivity contribution in [2.24, 2.45) is 0 Å². The van der Waals surface area contributed by atoms with Crippen molar-refractivity contribution in [1.29, 1.82) is 0 Å². The smallest absolute Gasteiger partial charge is 0.244 e. The maximum Gasteiger partial charge on any atom is 0.244 e. The van der Waals surface area contributed by atoms with Gasteiger partial charge >= 0.3 is 0 Å². The van der Waals surface area contributed by atoms with Gasteiger partial charge in [-0.05, 0) is 19.1 Å². The van der Waals surface area contributed by atoms with E-state index >= 15 is 0 Å². The van der Waals surface area contributed by atoms with Crippen LogP contribution in [0.3, 0.4) is 0 Å². The van der Waals surface area contributed by atoms with Gasteiger partial charge in [-0.1, -0.05) is 17.8 Å². The Morgan fingerprint density at radius 1 is 1.13 bits per heavy atom. The Bertz CT molecular complexity index is 337. The molecule has 1 aromatic rings. The van der Waals surface area contributed by atoms with Crippen molar-refractivity contribution in [3.63, 3.8) is 0 Å². The highest BCUT2D eigenvalue weighted by molar-refractivity contribution is 6.35. The van der Waals surface area contributed by atoms with E-state index in [0.717, 1.165) is 5.75 Å². The van der Waals surface area contributed by atoms with Gasteiger partial charge in [0.2, 0.25) is 15.5 Å². The lowest BCUT2D eigenvalue weighted by Crippen LogP contribution is -2.01. The van der Waals surface area contributed by atoms with Crippen LogP contribution in [0.25, 0.3) is 0 Å². The highest BCUT2D eigenvalue weighted by atomic mass is 28.2. The van der Waals surface area contributed by atoms with E-state index in [9.17, 15) is 0 Å². The van der Waals surface area contributed by atoms with Gasteiger partial charge in [0.1, 0.15) is 5.75 Å². The summed E-state index contributed by atoms with van der Waals surface area (Å²) in [5, 5.41) is 0. The average Bonchev–Trinajstić information content (AvgIpc) is 2.29. The molecule has 0 atom stereocenters. The highest BCUT2D eigenvalue weighted by Crippen LogP contribution is 2.36. The first-order chi connectivity index (χ1) is 7.33. The van der Waals surface area contributed by atoms with Gasteiger partial charge in [0, 0.05) is 0 Å². The van der Waals surface area contributed by atoms with E-state index in [0.29, 0.717) is 11.5 Å². The summed E-state index contributed by atoms with van der Waals surface area (Å²) in [6, 6.07) is 5.63. The molecule has 0 aliphatic heterocycles. The summed E-state index contributed by atoms with van der Waals surface area (Å²) in [7, 11) is 2.57. The summed E-state index contributed by atoms with van der Waals surface area (Å²) in [5.74, 6) is 2.11. The Hall–Kier alpha value is -1.42. The number of para-hydroxylation sites is 1. The van der Waals surface area contributed by atoms with Crippen LogP contribution in [0.1, 0.15) is 6.92 Å². The van der Waals surface area contributed by atoms with Crippen molar-refractivity contribution >= 4 is 9.76 Å². The third-order valence-corrected chi connectivity index (χ3v) is 3.08. The first-order valence-corrected chi connectivity index (χ1v) is 6.17. The molecule has 0 unspecified atom stereocenters. The minimum Gasteiger partial charge on any atom is -0.543 e. The molecule has 4 heteroatoms. The predicted molar refractivity (Wildman–Crippen MR) is 63.5 cm³/mol. The van der Waals surface area contributed by atoms with Gasteiger partial charge in [0.25, 0.3) is 0 Å². The van der Waals surface area contributed by atoms with Crippen molar-refractivity contribution in [1.82, 2.24) is 0 Å². The SMILES string of the molecule is CC=C[SiH2]Oc1cccc(OC)c1OC. The molecule has 0 heterocycles. The molecule has 1 rings (SSSR count). The lowest BCUT2D eigenvalue weighted by Gasteiger charge is -2.12. The highest BCUT2D eigenvalue weighted by Gasteiger charge is 2.09. The minimum absolute atomic E-state index is 0.657. The van der Waals surface area contributed by atoms with E-state index in [1.807, 2.05) is 31.2 Å². The summed E-state index contributed by atoms with van der Waals surface area (Å²) < 4.78 is 16.1. The van der Waals surface area contributed by atoms with Crippen LogP contribution in [0.2, 0.25) is 0 Å².